The molecule has 2 aliphatic heterocycles. The number of benzene rings is 1. The molecule has 2 aliphatic rings. The number of nitrogens with one attached hydrogen (secondary N) is 1. The van der Waals surface area contributed by atoms with Gasteiger partial charge in [0.05, 0.1) is 6.42 Å². The number of rotatable bonds is 4. The minimum atomic E-state index is -0.287. The molecule has 5 heteroatoms. The molecule has 2 heterocycles. The third-order valence-electron chi connectivity index (χ3n) is 5.00. The van der Waals surface area contributed by atoms with Gasteiger partial charge in [-0.3, -0.25) is 9.69 Å². The smallest absolute Gasteiger partial charge is 0.227 e. The molecule has 4 nitrogen and oxygen atoms in total. The lowest BCUT2D eigenvalue weighted by Gasteiger charge is -2.37. The number of carbonyl (C=O) groups is 1. The Morgan fingerprint density at radius 3 is 2.52 bits per heavy atom. The maximum Gasteiger partial charge on any atom is 0.227 e. The van der Waals surface area contributed by atoms with E-state index in [-0.39, 0.29) is 18.1 Å². The van der Waals surface area contributed by atoms with Gasteiger partial charge in [0.1, 0.15) is 5.82 Å². The Hall–Kier alpha value is -1.46. The minimum absolute atomic E-state index is 0.0385. The number of amides is 1. The number of halogens is 1. The maximum absolute atomic E-state index is 13.7. The second-order valence-corrected chi connectivity index (χ2v) is 6.64. The van der Waals surface area contributed by atoms with Gasteiger partial charge in [0.25, 0.3) is 0 Å². The lowest BCUT2D eigenvalue weighted by Crippen LogP contribution is -2.50. The number of hydrogen-bond donors (Lipinski definition) is 1. The van der Waals surface area contributed by atoms with Crippen LogP contribution in [0.2, 0.25) is 0 Å². The van der Waals surface area contributed by atoms with Crippen LogP contribution in [0.25, 0.3) is 0 Å². The largest absolute Gasteiger partial charge is 0.340 e. The highest BCUT2D eigenvalue weighted by molar-refractivity contribution is 5.79. The van der Waals surface area contributed by atoms with Crippen molar-refractivity contribution in [3.63, 3.8) is 0 Å². The van der Waals surface area contributed by atoms with Crippen LogP contribution in [0, 0.1) is 11.7 Å². The molecule has 1 N–H and O–H groups in total. The van der Waals surface area contributed by atoms with Gasteiger partial charge in [-0.2, -0.15) is 0 Å². The monoisotopic (exact) mass is 319 g/mol. The molecule has 0 radical (unpaired) electrons. The molecule has 0 aromatic heterocycles. The van der Waals surface area contributed by atoms with Crippen molar-refractivity contribution in [3.05, 3.63) is 35.6 Å². The summed E-state index contributed by atoms with van der Waals surface area (Å²) in [6.45, 7) is 6.81. The van der Waals surface area contributed by atoms with Gasteiger partial charge in [0, 0.05) is 32.7 Å². The summed E-state index contributed by atoms with van der Waals surface area (Å²) in [6, 6.07) is 6.55. The van der Waals surface area contributed by atoms with Crippen LogP contribution in [0.3, 0.4) is 0 Å². The molecule has 126 valence electrons. The summed E-state index contributed by atoms with van der Waals surface area (Å²) in [5, 5.41) is 3.40. The van der Waals surface area contributed by atoms with E-state index >= 15 is 0 Å². The van der Waals surface area contributed by atoms with E-state index in [2.05, 4.69) is 10.2 Å². The van der Waals surface area contributed by atoms with Crippen molar-refractivity contribution < 1.29 is 9.18 Å². The first-order valence-electron chi connectivity index (χ1n) is 8.66. The maximum atomic E-state index is 13.7. The second-order valence-electron chi connectivity index (χ2n) is 6.64. The fraction of sp³-hybridized carbons (Fsp3) is 0.611. The fourth-order valence-electron chi connectivity index (χ4n) is 3.53. The van der Waals surface area contributed by atoms with E-state index in [4.69, 9.17) is 0 Å². The molecule has 0 unspecified atom stereocenters. The van der Waals surface area contributed by atoms with Crippen LogP contribution >= 0.6 is 0 Å². The van der Waals surface area contributed by atoms with Crippen LogP contribution in [-0.4, -0.2) is 61.5 Å². The minimum Gasteiger partial charge on any atom is -0.340 e. The molecule has 1 amide bonds. The Bertz CT molecular complexity index is 523. The highest BCUT2D eigenvalue weighted by atomic mass is 19.1. The Kier molecular flexibility index (Phi) is 5.62. The Labute approximate surface area is 137 Å². The highest BCUT2D eigenvalue weighted by Crippen LogP contribution is 2.15. The Morgan fingerprint density at radius 2 is 1.83 bits per heavy atom. The summed E-state index contributed by atoms with van der Waals surface area (Å²) in [6.07, 6.45) is 2.68. The SMILES string of the molecule is O=C(Cc1ccccc1F)N1CCN(CC2CCNCC2)CC1. The summed E-state index contributed by atoms with van der Waals surface area (Å²) in [5.41, 5.74) is 0.495. The predicted octanol–water partition coefficient (Wildman–Crippen LogP) is 1.51. The number of nitrogens with zero attached hydrogens (tertiary/aromatic N) is 2. The van der Waals surface area contributed by atoms with E-state index in [9.17, 15) is 9.18 Å². The quantitative estimate of drug-likeness (QED) is 0.914. The van der Waals surface area contributed by atoms with E-state index in [1.807, 2.05) is 4.90 Å². The first-order chi connectivity index (χ1) is 11.2. The van der Waals surface area contributed by atoms with Gasteiger partial charge < -0.3 is 10.2 Å². The van der Waals surface area contributed by atoms with Crippen molar-refractivity contribution in [3.8, 4) is 0 Å². The molecule has 0 atom stereocenters. The molecule has 0 spiro atoms. The van der Waals surface area contributed by atoms with Gasteiger partial charge in [-0.05, 0) is 43.5 Å². The Balaban J connectivity index is 1.45. The molecule has 2 saturated heterocycles. The molecule has 0 bridgehead atoms. The van der Waals surface area contributed by atoms with E-state index in [0.717, 1.165) is 51.7 Å². The van der Waals surface area contributed by atoms with E-state index in [1.54, 1.807) is 18.2 Å². The predicted molar refractivity (Wildman–Crippen MR) is 88.7 cm³/mol. The number of hydrogen-bond acceptors (Lipinski definition) is 3. The Morgan fingerprint density at radius 1 is 1.13 bits per heavy atom. The van der Waals surface area contributed by atoms with Crippen molar-refractivity contribution in [2.75, 3.05) is 45.8 Å². The molecule has 1 aromatic carbocycles. The van der Waals surface area contributed by atoms with Crippen molar-refractivity contribution in [2.24, 2.45) is 5.92 Å². The highest BCUT2D eigenvalue weighted by Gasteiger charge is 2.24. The average molecular weight is 319 g/mol. The molecule has 2 fully saturated rings. The molecule has 23 heavy (non-hydrogen) atoms. The summed E-state index contributed by atoms with van der Waals surface area (Å²) >= 11 is 0. The zero-order valence-corrected chi connectivity index (χ0v) is 13.6. The summed E-state index contributed by atoms with van der Waals surface area (Å²) in [4.78, 5) is 16.7. The van der Waals surface area contributed by atoms with Crippen molar-refractivity contribution >= 4 is 5.91 Å². The summed E-state index contributed by atoms with van der Waals surface area (Å²) in [7, 11) is 0. The zero-order chi connectivity index (χ0) is 16.1. The lowest BCUT2D eigenvalue weighted by atomic mass is 9.97. The van der Waals surface area contributed by atoms with E-state index in [0.29, 0.717) is 5.56 Å². The molecule has 1 aromatic rings. The third-order valence-corrected chi connectivity index (χ3v) is 5.00. The van der Waals surface area contributed by atoms with Gasteiger partial charge >= 0.3 is 0 Å². The average Bonchev–Trinajstić information content (AvgIpc) is 2.58. The van der Waals surface area contributed by atoms with Crippen molar-refractivity contribution in [1.29, 1.82) is 0 Å². The van der Waals surface area contributed by atoms with Crippen LogP contribution < -0.4 is 5.32 Å². The van der Waals surface area contributed by atoms with Gasteiger partial charge in [-0.25, -0.2) is 4.39 Å². The molecular weight excluding hydrogens is 293 g/mol. The first kappa shape index (κ1) is 16.4. The van der Waals surface area contributed by atoms with E-state index in [1.165, 1.54) is 18.9 Å². The van der Waals surface area contributed by atoms with Gasteiger partial charge in [0.15, 0.2) is 0 Å². The van der Waals surface area contributed by atoms with Gasteiger partial charge in [0.2, 0.25) is 5.91 Å². The van der Waals surface area contributed by atoms with E-state index < -0.39 is 0 Å². The number of piperazine rings is 1. The standard InChI is InChI=1S/C18H26FN3O/c19-17-4-2-1-3-16(17)13-18(23)22-11-9-21(10-12-22)14-15-5-7-20-8-6-15/h1-4,15,20H,5-14H2. The van der Waals surface area contributed by atoms with Crippen LogP contribution in [0.5, 0.6) is 0 Å². The number of carbonyl (C=O) groups excluding carboxylic acids is 1. The van der Waals surface area contributed by atoms with Gasteiger partial charge in [-0.15, -0.1) is 0 Å². The van der Waals surface area contributed by atoms with Crippen molar-refractivity contribution in [1.82, 2.24) is 15.1 Å². The van der Waals surface area contributed by atoms with Crippen LogP contribution in [0.4, 0.5) is 4.39 Å². The third kappa shape index (κ3) is 4.52. The normalized spacial score (nSPS) is 20.7. The van der Waals surface area contributed by atoms with Crippen LogP contribution in [-0.2, 0) is 11.2 Å². The first-order valence-corrected chi connectivity index (χ1v) is 8.66. The van der Waals surface area contributed by atoms with Crippen LogP contribution in [0.1, 0.15) is 18.4 Å². The fourth-order valence-corrected chi connectivity index (χ4v) is 3.53. The lowest BCUT2D eigenvalue weighted by molar-refractivity contribution is -0.132. The van der Waals surface area contributed by atoms with Gasteiger partial charge in [-0.1, -0.05) is 18.2 Å². The molecular formula is C18H26FN3O. The molecule has 0 aliphatic carbocycles. The van der Waals surface area contributed by atoms with Crippen molar-refractivity contribution in [2.45, 2.75) is 19.3 Å². The molecule has 0 saturated carbocycles. The summed E-state index contributed by atoms with van der Waals surface area (Å²) < 4.78 is 13.7. The molecule has 3 rings (SSSR count). The number of piperidine rings is 1. The second kappa shape index (κ2) is 7.88. The topological polar surface area (TPSA) is 35.6 Å². The van der Waals surface area contributed by atoms with Crippen LogP contribution in [0.15, 0.2) is 24.3 Å². The summed E-state index contributed by atoms with van der Waals surface area (Å²) in [5.74, 6) is 0.541. The zero-order valence-electron chi connectivity index (χ0n) is 13.6.